The van der Waals surface area contributed by atoms with E-state index >= 15 is 0 Å². The molecule has 0 aliphatic carbocycles. The summed E-state index contributed by atoms with van der Waals surface area (Å²) in [5.41, 5.74) is 0. The molecule has 6 nitrogen and oxygen atoms in total. The highest BCUT2D eigenvalue weighted by molar-refractivity contribution is 7.98. The molecule has 0 saturated carbocycles. The van der Waals surface area contributed by atoms with Gasteiger partial charge in [-0.1, -0.05) is 6.92 Å². The van der Waals surface area contributed by atoms with Gasteiger partial charge in [-0.25, -0.2) is 0 Å². The summed E-state index contributed by atoms with van der Waals surface area (Å²) in [6.07, 6.45) is 2.11. The van der Waals surface area contributed by atoms with E-state index in [2.05, 4.69) is 38.8 Å². The first-order chi connectivity index (χ1) is 9.19. The summed E-state index contributed by atoms with van der Waals surface area (Å²) in [4.78, 5) is 12.7. The first-order valence-electron chi connectivity index (χ1n) is 6.55. The van der Waals surface area contributed by atoms with Crippen LogP contribution in [-0.2, 0) is 0 Å². The van der Waals surface area contributed by atoms with Crippen LogP contribution in [0.3, 0.4) is 0 Å². The molecule has 0 amide bonds. The molecule has 1 atom stereocenters. The average molecular weight is 285 g/mol. The van der Waals surface area contributed by atoms with Crippen LogP contribution in [0.2, 0.25) is 0 Å². The van der Waals surface area contributed by atoms with Crippen molar-refractivity contribution in [1.82, 2.24) is 15.0 Å². The number of anilines is 2. The van der Waals surface area contributed by atoms with Crippen molar-refractivity contribution in [2.45, 2.75) is 20.8 Å². The van der Waals surface area contributed by atoms with E-state index in [9.17, 15) is 0 Å². The van der Waals surface area contributed by atoms with Gasteiger partial charge in [0, 0.05) is 13.1 Å². The molecule has 1 unspecified atom stereocenters. The van der Waals surface area contributed by atoms with Crippen LogP contribution in [0, 0.1) is 5.92 Å². The number of hydrogen-bond donors (Lipinski definition) is 2. The predicted octanol–water partition coefficient (Wildman–Crippen LogP) is 2.11. The summed E-state index contributed by atoms with van der Waals surface area (Å²) in [7, 11) is 0. The minimum Gasteiger partial charge on any atom is -0.464 e. The number of hydrogen-bond acceptors (Lipinski definition) is 7. The topological polar surface area (TPSA) is 72.0 Å². The lowest BCUT2D eigenvalue weighted by molar-refractivity contribution is 0.312. The molecular weight excluding hydrogens is 262 g/mol. The molecule has 0 aliphatic rings. The van der Waals surface area contributed by atoms with Gasteiger partial charge >= 0.3 is 6.01 Å². The second kappa shape index (κ2) is 8.79. The van der Waals surface area contributed by atoms with Crippen molar-refractivity contribution in [3.63, 3.8) is 0 Å². The lowest BCUT2D eigenvalue weighted by Crippen LogP contribution is -2.16. The molecule has 19 heavy (non-hydrogen) atoms. The van der Waals surface area contributed by atoms with Gasteiger partial charge in [-0.05, 0) is 31.8 Å². The van der Waals surface area contributed by atoms with E-state index in [1.807, 2.05) is 25.6 Å². The molecule has 0 radical (unpaired) electrons. The molecule has 0 aromatic carbocycles. The van der Waals surface area contributed by atoms with Crippen molar-refractivity contribution in [2.75, 3.05) is 42.3 Å². The highest BCUT2D eigenvalue weighted by Crippen LogP contribution is 2.12. The average Bonchev–Trinajstić information content (AvgIpc) is 2.37. The van der Waals surface area contributed by atoms with E-state index in [1.165, 1.54) is 0 Å². The fraction of sp³-hybridized carbons (Fsp3) is 0.750. The Bertz CT molecular complexity index is 353. The summed E-state index contributed by atoms with van der Waals surface area (Å²) < 4.78 is 5.34. The molecule has 0 saturated heterocycles. The van der Waals surface area contributed by atoms with Crippen molar-refractivity contribution < 1.29 is 4.74 Å². The van der Waals surface area contributed by atoms with E-state index in [-0.39, 0.29) is 0 Å². The summed E-state index contributed by atoms with van der Waals surface area (Å²) in [6.45, 7) is 8.24. The zero-order valence-corrected chi connectivity index (χ0v) is 12.9. The van der Waals surface area contributed by atoms with Gasteiger partial charge in [0.15, 0.2) is 0 Å². The van der Waals surface area contributed by atoms with Crippen molar-refractivity contribution in [1.29, 1.82) is 0 Å². The van der Waals surface area contributed by atoms with Crippen LogP contribution in [-0.4, -0.2) is 46.7 Å². The van der Waals surface area contributed by atoms with Gasteiger partial charge < -0.3 is 15.4 Å². The molecule has 1 aromatic rings. The number of rotatable bonds is 9. The minimum atomic E-state index is 0.355. The Morgan fingerprint density at radius 1 is 1.16 bits per heavy atom. The third-order valence-electron chi connectivity index (χ3n) is 2.28. The molecule has 0 spiro atoms. The summed E-state index contributed by atoms with van der Waals surface area (Å²) >= 11 is 1.84. The van der Waals surface area contributed by atoms with E-state index in [0.29, 0.717) is 30.4 Å². The lowest BCUT2D eigenvalue weighted by atomic mass is 10.2. The van der Waals surface area contributed by atoms with Crippen LogP contribution in [0.25, 0.3) is 0 Å². The van der Waals surface area contributed by atoms with Gasteiger partial charge in [-0.2, -0.15) is 26.7 Å². The molecule has 0 bridgehead atoms. The van der Waals surface area contributed by atoms with Crippen LogP contribution in [0.5, 0.6) is 6.01 Å². The Kier molecular flexibility index (Phi) is 7.32. The monoisotopic (exact) mass is 285 g/mol. The summed E-state index contributed by atoms with van der Waals surface area (Å²) in [5.74, 6) is 2.77. The van der Waals surface area contributed by atoms with E-state index in [4.69, 9.17) is 4.74 Å². The number of ether oxygens (including phenoxy) is 1. The number of thioether (sulfide) groups is 1. The largest absolute Gasteiger partial charge is 0.464 e. The van der Waals surface area contributed by atoms with Gasteiger partial charge in [-0.3, -0.25) is 0 Å². The maximum absolute atomic E-state index is 5.34. The smallest absolute Gasteiger partial charge is 0.323 e. The quantitative estimate of drug-likeness (QED) is 0.720. The molecule has 108 valence electrons. The fourth-order valence-electron chi connectivity index (χ4n) is 1.48. The van der Waals surface area contributed by atoms with E-state index in [0.717, 1.165) is 18.8 Å². The minimum absolute atomic E-state index is 0.355. The number of nitrogens with zero attached hydrogens (tertiary/aromatic N) is 3. The Balaban J connectivity index is 2.69. The first-order valence-corrected chi connectivity index (χ1v) is 7.94. The van der Waals surface area contributed by atoms with Gasteiger partial charge in [-0.15, -0.1) is 0 Å². The third-order valence-corrected chi connectivity index (χ3v) is 3.19. The Hall–Kier alpha value is -1.24. The summed E-state index contributed by atoms with van der Waals surface area (Å²) in [5, 5.41) is 6.30. The lowest BCUT2D eigenvalue weighted by Gasteiger charge is -2.12. The van der Waals surface area contributed by atoms with Crippen molar-refractivity contribution in [3.05, 3.63) is 0 Å². The van der Waals surface area contributed by atoms with Crippen LogP contribution < -0.4 is 15.4 Å². The highest BCUT2D eigenvalue weighted by atomic mass is 32.2. The molecule has 0 fully saturated rings. The zero-order chi connectivity index (χ0) is 14.1. The second-order valence-electron chi connectivity index (χ2n) is 4.17. The Labute approximate surface area is 119 Å². The van der Waals surface area contributed by atoms with Gasteiger partial charge in [0.25, 0.3) is 0 Å². The zero-order valence-electron chi connectivity index (χ0n) is 12.1. The molecular formula is C12H23N5OS. The van der Waals surface area contributed by atoms with Crippen molar-refractivity contribution in [3.8, 4) is 6.01 Å². The molecule has 1 heterocycles. The maximum Gasteiger partial charge on any atom is 0.323 e. The van der Waals surface area contributed by atoms with Crippen LogP contribution >= 0.6 is 11.8 Å². The second-order valence-corrected chi connectivity index (χ2v) is 5.08. The molecule has 7 heteroatoms. The summed E-state index contributed by atoms with van der Waals surface area (Å²) in [6, 6.07) is 0.355. The number of nitrogens with one attached hydrogen (secondary N) is 2. The van der Waals surface area contributed by atoms with E-state index < -0.39 is 0 Å². The predicted molar refractivity (Wildman–Crippen MR) is 81.2 cm³/mol. The maximum atomic E-state index is 5.34. The normalized spacial score (nSPS) is 12.0. The third kappa shape index (κ3) is 5.96. The number of aromatic nitrogens is 3. The molecule has 1 rings (SSSR count). The van der Waals surface area contributed by atoms with Crippen LogP contribution in [0.4, 0.5) is 11.9 Å². The van der Waals surface area contributed by atoms with Crippen molar-refractivity contribution in [2.24, 2.45) is 5.92 Å². The highest BCUT2D eigenvalue weighted by Gasteiger charge is 2.08. The fourth-order valence-corrected chi connectivity index (χ4v) is 2.16. The van der Waals surface area contributed by atoms with Gasteiger partial charge in [0.1, 0.15) is 0 Å². The van der Waals surface area contributed by atoms with Crippen LogP contribution in [0.15, 0.2) is 0 Å². The first kappa shape index (κ1) is 15.8. The van der Waals surface area contributed by atoms with Gasteiger partial charge in [0.05, 0.1) is 6.61 Å². The Morgan fingerprint density at radius 3 is 2.42 bits per heavy atom. The van der Waals surface area contributed by atoms with Gasteiger partial charge in [0.2, 0.25) is 11.9 Å². The Morgan fingerprint density at radius 2 is 1.84 bits per heavy atom. The molecule has 2 N–H and O–H groups in total. The standard InChI is InChI=1S/C12H23N5OS/c1-5-13-10-15-11(14-7-9(3)8-19-4)17-12(16-10)18-6-2/h9H,5-8H2,1-4H3,(H2,13,14,15,16,17). The molecule has 0 aliphatic heterocycles. The molecule has 1 aromatic heterocycles. The van der Waals surface area contributed by atoms with Crippen LogP contribution in [0.1, 0.15) is 20.8 Å². The van der Waals surface area contributed by atoms with E-state index in [1.54, 1.807) is 0 Å². The SMILES string of the molecule is CCNc1nc(NCC(C)CSC)nc(OCC)n1. The van der Waals surface area contributed by atoms with Crippen molar-refractivity contribution >= 4 is 23.7 Å².